The zero-order valence-corrected chi connectivity index (χ0v) is 13.0. The molecule has 1 aliphatic heterocycles. The molecule has 112 valence electrons. The molecule has 0 bridgehead atoms. The van der Waals surface area contributed by atoms with Gasteiger partial charge in [0.25, 0.3) is 0 Å². The third-order valence-corrected chi connectivity index (χ3v) is 5.03. The Kier molecular flexibility index (Phi) is 3.25. The predicted molar refractivity (Wildman–Crippen MR) is 88.4 cm³/mol. The molecule has 22 heavy (non-hydrogen) atoms. The lowest BCUT2D eigenvalue weighted by molar-refractivity contribution is -0.135. The second-order valence-corrected chi connectivity index (χ2v) is 6.47. The minimum Gasteiger partial charge on any atom is -0.335 e. The summed E-state index contributed by atoms with van der Waals surface area (Å²) in [5, 5.41) is 0. The first-order chi connectivity index (χ1) is 10.8. The summed E-state index contributed by atoms with van der Waals surface area (Å²) in [6.45, 7) is 3.03. The Morgan fingerprint density at radius 3 is 2.55 bits per heavy atom. The molecule has 1 fully saturated rings. The molecule has 1 unspecified atom stereocenters. The van der Waals surface area contributed by atoms with Crippen LogP contribution in [0.2, 0.25) is 0 Å². The highest BCUT2D eigenvalue weighted by Crippen LogP contribution is 2.39. The van der Waals surface area contributed by atoms with E-state index in [-0.39, 0.29) is 6.04 Å². The SMILES string of the molecule is CC1c2cccc(-c3ccccc3)c2CCN1C(=O)C1CC1. The van der Waals surface area contributed by atoms with Gasteiger partial charge in [-0.05, 0) is 48.4 Å². The smallest absolute Gasteiger partial charge is 0.226 e. The number of benzene rings is 2. The van der Waals surface area contributed by atoms with E-state index in [2.05, 4.69) is 60.4 Å². The van der Waals surface area contributed by atoms with Gasteiger partial charge in [0, 0.05) is 12.5 Å². The second-order valence-electron chi connectivity index (χ2n) is 6.47. The monoisotopic (exact) mass is 291 g/mol. The van der Waals surface area contributed by atoms with Gasteiger partial charge in [0.1, 0.15) is 0 Å². The summed E-state index contributed by atoms with van der Waals surface area (Å²) in [6, 6.07) is 17.3. The number of rotatable bonds is 2. The molecule has 1 saturated carbocycles. The van der Waals surface area contributed by atoms with Crippen molar-refractivity contribution in [2.75, 3.05) is 6.54 Å². The van der Waals surface area contributed by atoms with Crippen LogP contribution >= 0.6 is 0 Å². The van der Waals surface area contributed by atoms with E-state index in [1.54, 1.807) is 0 Å². The minimum absolute atomic E-state index is 0.195. The van der Waals surface area contributed by atoms with Gasteiger partial charge in [-0.3, -0.25) is 4.79 Å². The second kappa shape index (κ2) is 5.28. The van der Waals surface area contributed by atoms with Crippen LogP contribution in [0.5, 0.6) is 0 Å². The molecule has 1 heterocycles. The molecule has 0 radical (unpaired) electrons. The van der Waals surface area contributed by atoms with Crippen LogP contribution in [0, 0.1) is 5.92 Å². The largest absolute Gasteiger partial charge is 0.335 e. The number of carbonyl (C=O) groups is 1. The van der Waals surface area contributed by atoms with Crippen molar-refractivity contribution in [2.45, 2.75) is 32.2 Å². The van der Waals surface area contributed by atoms with Crippen molar-refractivity contribution in [2.24, 2.45) is 5.92 Å². The predicted octanol–water partition coefficient (Wildman–Crippen LogP) is 4.21. The Balaban J connectivity index is 1.72. The third-order valence-electron chi connectivity index (χ3n) is 5.03. The molecule has 1 amide bonds. The lowest BCUT2D eigenvalue weighted by atomic mass is 9.87. The maximum absolute atomic E-state index is 12.5. The van der Waals surface area contributed by atoms with E-state index in [9.17, 15) is 4.79 Å². The Morgan fingerprint density at radius 1 is 1.05 bits per heavy atom. The summed E-state index contributed by atoms with van der Waals surface area (Å²) < 4.78 is 0. The molecule has 0 N–H and O–H groups in total. The van der Waals surface area contributed by atoms with Crippen LogP contribution in [-0.2, 0) is 11.2 Å². The van der Waals surface area contributed by atoms with Crippen molar-refractivity contribution >= 4 is 5.91 Å². The number of fused-ring (bicyclic) bond motifs is 1. The van der Waals surface area contributed by atoms with Gasteiger partial charge in [-0.25, -0.2) is 0 Å². The summed E-state index contributed by atoms with van der Waals surface area (Å²) in [5.74, 6) is 0.671. The molecular weight excluding hydrogens is 270 g/mol. The van der Waals surface area contributed by atoms with Crippen LogP contribution in [0.25, 0.3) is 11.1 Å². The van der Waals surface area contributed by atoms with Crippen LogP contribution in [-0.4, -0.2) is 17.4 Å². The first-order valence-electron chi connectivity index (χ1n) is 8.23. The van der Waals surface area contributed by atoms with E-state index >= 15 is 0 Å². The fourth-order valence-corrected chi connectivity index (χ4v) is 3.62. The van der Waals surface area contributed by atoms with E-state index in [4.69, 9.17) is 0 Å². The third kappa shape index (κ3) is 2.23. The summed E-state index contributed by atoms with van der Waals surface area (Å²) in [6.07, 6.45) is 3.13. The maximum atomic E-state index is 12.5. The van der Waals surface area contributed by atoms with Gasteiger partial charge in [0.2, 0.25) is 5.91 Å². The fourth-order valence-electron chi connectivity index (χ4n) is 3.62. The zero-order chi connectivity index (χ0) is 15.1. The lowest BCUT2D eigenvalue weighted by Crippen LogP contribution is -2.39. The van der Waals surface area contributed by atoms with Crippen molar-refractivity contribution < 1.29 is 4.79 Å². The van der Waals surface area contributed by atoms with Gasteiger partial charge < -0.3 is 4.90 Å². The summed E-state index contributed by atoms with van der Waals surface area (Å²) in [7, 11) is 0. The molecule has 2 aromatic carbocycles. The van der Waals surface area contributed by atoms with Gasteiger partial charge in [0.05, 0.1) is 6.04 Å². The van der Waals surface area contributed by atoms with Crippen LogP contribution in [0.15, 0.2) is 48.5 Å². The van der Waals surface area contributed by atoms with Gasteiger partial charge in [-0.2, -0.15) is 0 Å². The van der Waals surface area contributed by atoms with Crippen molar-refractivity contribution in [3.63, 3.8) is 0 Å². The highest BCUT2D eigenvalue weighted by Gasteiger charge is 2.37. The van der Waals surface area contributed by atoms with E-state index in [1.807, 2.05) is 0 Å². The maximum Gasteiger partial charge on any atom is 0.226 e. The lowest BCUT2D eigenvalue weighted by Gasteiger charge is -2.36. The Hall–Kier alpha value is -2.09. The number of hydrogen-bond donors (Lipinski definition) is 0. The Labute approximate surface area is 131 Å². The van der Waals surface area contributed by atoms with E-state index in [0.717, 1.165) is 25.8 Å². The van der Waals surface area contributed by atoms with Crippen molar-refractivity contribution in [3.8, 4) is 11.1 Å². The molecular formula is C20H21NO. The molecule has 0 aromatic heterocycles. The average Bonchev–Trinajstić information content (AvgIpc) is 3.40. The summed E-state index contributed by atoms with van der Waals surface area (Å²) >= 11 is 0. The highest BCUT2D eigenvalue weighted by molar-refractivity contribution is 5.82. The fraction of sp³-hybridized carbons (Fsp3) is 0.350. The first kappa shape index (κ1) is 13.6. The summed E-state index contributed by atoms with van der Waals surface area (Å²) in [4.78, 5) is 14.6. The van der Waals surface area contributed by atoms with E-state index < -0.39 is 0 Å². The molecule has 2 aliphatic rings. The van der Waals surface area contributed by atoms with E-state index in [0.29, 0.717) is 11.8 Å². The molecule has 1 aliphatic carbocycles. The van der Waals surface area contributed by atoms with Crippen molar-refractivity contribution in [1.82, 2.24) is 4.90 Å². The molecule has 0 saturated heterocycles. The molecule has 4 rings (SSSR count). The summed E-state index contributed by atoms with van der Waals surface area (Å²) in [5.41, 5.74) is 5.33. The minimum atomic E-state index is 0.195. The van der Waals surface area contributed by atoms with Crippen LogP contribution in [0.1, 0.15) is 36.9 Å². The topological polar surface area (TPSA) is 20.3 Å². The van der Waals surface area contributed by atoms with Crippen LogP contribution in [0.3, 0.4) is 0 Å². The van der Waals surface area contributed by atoms with Gasteiger partial charge in [0.15, 0.2) is 0 Å². The quantitative estimate of drug-likeness (QED) is 0.811. The normalized spacial score (nSPS) is 20.6. The number of carbonyl (C=O) groups excluding carboxylic acids is 1. The average molecular weight is 291 g/mol. The number of hydrogen-bond acceptors (Lipinski definition) is 1. The van der Waals surface area contributed by atoms with Gasteiger partial charge in [-0.1, -0.05) is 48.5 Å². The number of nitrogens with zero attached hydrogens (tertiary/aromatic N) is 1. The standard InChI is InChI=1S/C20H21NO/c1-14-17-8-5-9-18(15-6-3-2-4-7-15)19(17)12-13-21(14)20(22)16-10-11-16/h2-9,14,16H,10-13H2,1H3. The van der Waals surface area contributed by atoms with E-state index in [1.165, 1.54) is 22.3 Å². The van der Waals surface area contributed by atoms with Crippen molar-refractivity contribution in [1.29, 1.82) is 0 Å². The zero-order valence-electron chi connectivity index (χ0n) is 13.0. The molecule has 2 aromatic rings. The molecule has 2 heteroatoms. The number of amides is 1. The van der Waals surface area contributed by atoms with Crippen LogP contribution < -0.4 is 0 Å². The molecule has 1 atom stereocenters. The van der Waals surface area contributed by atoms with Gasteiger partial charge >= 0.3 is 0 Å². The highest BCUT2D eigenvalue weighted by atomic mass is 16.2. The van der Waals surface area contributed by atoms with Crippen LogP contribution in [0.4, 0.5) is 0 Å². The Bertz CT molecular complexity index is 703. The molecule has 0 spiro atoms. The van der Waals surface area contributed by atoms with Crippen molar-refractivity contribution in [3.05, 3.63) is 59.7 Å². The Morgan fingerprint density at radius 2 is 1.82 bits per heavy atom. The first-order valence-corrected chi connectivity index (χ1v) is 8.23. The molecule has 2 nitrogen and oxygen atoms in total. The van der Waals surface area contributed by atoms with Gasteiger partial charge in [-0.15, -0.1) is 0 Å².